The summed E-state index contributed by atoms with van der Waals surface area (Å²) < 4.78 is 28.7. The van der Waals surface area contributed by atoms with Crippen LogP contribution in [0, 0.1) is 0 Å². The molecule has 0 spiro atoms. The summed E-state index contributed by atoms with van der Waals surface area (Å²) in [5.41, 5.74) is 2.66. The van der Waals surface area contributed by atoms with Gasteiger partial charge >= 0.3 is 0 Å². The largest absolute Gasteiger partial charge is 0.263 e. The topological polar surface area (TPSA) is 59.1 Å². The number of halogens is 1. The minimum atomic E-state index is -3.69. The molecule has 1 N–H and O–H groups in total. The third-order valence-electron chi connectivity index (χ3n) is 3.86. The van der Waals surface area contributed by atoms with E-state index in [0.29, 0.717) is 10.2 Å². The molecule has 1 aromatic heterocycles. The summed E-state index contributed by atoms with van der Waals surface area (Å²) in [7, 11) is -3.69. The molecule has 0 aliphatic carbocycles. The van der Waals surface area contributed by atoms with Crippen molar-refractivity contribution in [1.29, 1.82) is 0 Å². The molecule has 0 saturated carbocycles. The van der Waals surface area contributed by atoms with Crippen LogP contribution < -0.4 is 4.72 Å². The summed E-state index contributed by atoms with van der Waals surface area (Å²) in [6, 6.07) is 21.6. The van der Waals surface area contributed by atoms with E-state index < -0.39 is 10.0 Å². The lowest BCUT2D eigenvalue weighted by molar-refractivity contribution is 0.601. The van der Waals surface area contributed by atoms with Crippen molar-refractivity contribution in [2.75, 3.05) is 4.72 Å². The summed E-state index contributed by atoms with van der Waals surface area (Å²) in [4.78, 5) is 4.50. The SMILES string of the molecule is O=S(=O)(Nc1nc2ccccc2s1)c1ccc(-c2ccc(Cl)cc2)cc1. The van der Waals surface area contributed by atoms with E-state index in [4.69, 9.17) is 11.6 Å². The Morgan fingerprint density at radius 3 is 2.12 bits per heavy atom. The molecule has 4 nitrogen and oxygen atoms in total. The van der Waals surface area contributed by atoms with Crippen molar-refractivity contribution >= 4 is 48.3 Å². The normalized spacial score (nSPS) is 11.6. The number of anilines is 1. The molecule has 4 rings (SSSR count). The van der Waals surface area contributed by atoms with Gasteiger partial charge in [-0.15, -0.1) is 0 Å². The highest BCUT2D eigenvalue weighted by Gasteiger charge is 2.16. The third-order valence-corrected chi connectivity index (χ3v) is 6.55. The third kappa shape index (κ3) is 3.44. The van der Waals surface area contributed by atoms with Crippen molar-refractivity contribution < 1.29 is 8.42 Å². The highest BCUT2D eigenvalue weighted by atomic mass is 35.5. The number of sulfonamides is 1. The average molecular weight is 401 g/mol. The van der Waals surface area contributed by atoms with Crippen molar-refractivity contribution in [3.05, 3.63) is 77.8 Å². The molecule has 3 aromatic carbocycles. The molecule has 0 atom stereocenters. The molecular weight excluding hydrogens is 388 g/mol. The van der Waals surface area contributed by atoms with E-state index in [1.807, 2.05) is 36.4 Å². The lowest BCUT2D eigenvalue weighted by Gasteiger charge is -2.07. The Morgan fingerprint density at radius 1 is 0.846 bits per heavy atom. The van der Waals surface area contributed by atoms with Gasteiger partial charge in [-0.1, -0.05) is 59.3 Å². The van der Waals surface area contributed by atoms with Crippen molar-refractivity contribution in [3.63, 3.8) is 0 Å². The summed E-state index contributed by atoms with van der Waals surface area (Å²) in [5, 5.41) is 1.01. The second-order valence-electron chi connectivity index (χ2n) is 5.62. The van der Waals surface area contributed by atoms with E-state index in [1.54, 1.807) is 36.4 Å². The molecule has 0 aliphatic rings. The predicted molar refractivity (Wildman–Crippen MR) is 107 cm³/mol. The highest BCUT2D eigenvalue weighted by molar-refractivity contribution is 7.93. The Balaban J connectivity index is 1.60. The van der Waals surface area contributed by atoms with Crippen LogP contribution in [0.2, 0.25) is 5.02 Å². The molecule has 0 amide bonds. The maximum absolute atomic E-state index is 12.6. The molecule has 7 heteroatoms. The average Bonchev–Trinajstić information content (AvgIpc) is 3.04. The van der Waals surface area contributed by atoms with Gasteiger partial charge in [-0.3, -0.25) is 4.72 Å². The quantitative estimate of drug-likeness (QED) is 0.497. The van der Waals surface area contributed by atoms with Crippen LogP contribution in [0.3, 0.4) is 0 Å². The van der Waals surface area contributed by atoms with Gasteiger partial charge in [0.25, 0.3) is 10.0 Å². The van der Waals surface area contributed by atoms with Crippen molar-refractivity contribution in [2.45, 2.75) is 4.90 Å². The van der Waals surface area contributed by atoms with E-state index in [9.17, 15) is 8.42 Å². The van der Waals surface area contributed by atoms with Crippen molar-refractivity contribution in [2.24, 2.45) is 0 Å². The fourth-order valence-electron chi connectivity index (χ4n) is 2.56. The number of thiazole rings is 1. The van der Waals surface area contributed by atoms with E-state index in [-0.39, 0.29) is 4.90 Å². The number of hydrogen-bond donors (Lipinski definition) is 1. The molecule has 0 radical (unpaired) electrons. The molecule has 0 bridgehead atoms. The Hall–Kier alpha value is -2.41. The predicted octanol–water partition coefficient (Wildman–Crippen LogP) is 5.42. The number of nitrogens with zero attached hydrogens (tertiary/aromatic N) is 1. The first-order valence-electron chi connectivity index (χ1n) is 7.76. The Labute approximate surface area is 160 Å². The van der Waals surface area contributed by atoms with Gasteiger partial charge in [0.1, 0.15) is 0 Å². The minimum absolute atomic E-state index is 0.189. The van der Waals surface area contributed by atoms with Crippen LogP contribution in [0.1, 0.15) is 0 Å². The molecule has 1 heterocycles. The van der Waals surface area contributed by atoms with Crippen molar-refractivity contribution in [1.82, 2.24) is 4.98 Å². The van der Waals surface area contributed by atoms with Gasteiger partial charge in [0, 0.05) is 5.02 Å². The van der Waals surface area contributed by atoms with E-state index in [2.05, 4.69) is 9.71 Å². The number of hydrogen-bond acceptors (Lipinski definition) is 4. The second-order valence-corrected chi connectivity index (χ2v) is 8.77. The van der Waals surface area contributed by atoms with Crippen LogP contribution in [0.25, 0.3) is 21.3 Å². The number of nitrogens with one attached hydrogen (secondary N) is 1. The van der Waals surface area contributed by atoms with Crippen LogP contribution in [-0.4, -0.2) is 13.4 Å². The maximum atomic E-state index is 12.6. The van der Waals surface area contributed by atoms with E-state index >= 15 is 0 Å². The van der Waals surface area contributed by atoms with E-state index in [0.717, 1.165) is 21.3 Å². The van der Waals surface area contributed by atoms with Gasteiger partial charge in [0.05, 0.1) is 15.1 Å². The molecule has 4 aromatic rings. The first kappa shape index (κ1) is 17.0. The molecule has 130 valence electrons. The zero-order valence-electron chi connectivity index (χ0n) is 13.4. The summed E-state index contributed by atoms with van der Waals surface area (Å²) in [6.07, 6.45) is 0. The molecule has 0 fully saturated rings. The van der Waals surface area contributed by atoms with Crippen LogP contribution in [-0.2, 0) is 10.0 Å². The number of fused-ring (bicyclic) bond motifs is 1. The summed E-state index contributed by atoms with van der Waals surface area (Å²) >= 11 is 7.20. The van der Waals surface area contributed by atoms with Gasteiger partial charge in [-0.05, 0) is 47.5 Å². The zero-order valence-corrected chi connectivity index (χ0v) is 15.8. The fourth-order valence-corrected chi connectivity index (χ4v) is 4.79. The van der Waals surface area contributed by atoms with Crippen LogP contribution in [0.4, 0.5) is 5.13 Å². The first-order valence-corrected chi connectivity index (χ1v) is 10.4. The molecule has 0 unspecified atom stereocenters. The van der Waals surface area contributed by atoms with Gasteiger partial charge in [0.15, 0.2) is 5.13 Å². The Kier molecular flexibility index (Phi) is 4.40. The Bertz CT molecular complexity index is 1140. The van der Waals surface area contributed by atoms with Gasteiger partial charge in [-0.2, -0.15) is 0 Å². The number of aromatic nitrogens is 1. The zero-order chi connectivity index (χ0) is 18.1. The standard InChI is InChI=1S/C19H13ClN2O2S2/c20-15-9-5-13(6-10-15)14-7-11-16(12-8-14)26(23,24)22-19-21-17-3-1-2-4-18(17)25-19/h1-12H,(H,21,22). The van der Waals surface area contributed by atoms with Gasteiger partial charge < -0.3 is 0 Å². The van der Waals surface area contributed by atoms with Gasteiger partial charge in [0.2, 0.25) is 0 Å². The maximum Gasteiger partial charge on any atom is 0.263 e. The molecule has 26 heavy (non-hydrogen) atoms. The molecule has 0 saturated heterocycles. The monoisotopic (exact) mass is 400 g/mol. The lowest BCUT2D eigenvalue weighted by atomic mass is 10.1. The van der Waals surface area contributed by atoms with E-state index in [1.165, 1.54) is 11.3 Å². The second kappa shape index (κ2) is 6.72. The highest BCUT2D eigenvalue weighted by Crippen LogP contribution is 2.28. The summed E-state index contributed by atoms with van der Waals surface area (Å²) in [5.74, 6) is 0. The molecular formula is C19H13ClN2O2S2. The van der Waals surface area contributed by atoms with Crippen LogP contribution >= 0.6 is 22.9 Å². The van der Waals surface area contributed by atoms with Crippen LogP contribution in [0.5, 0.6) is 0 Å². The summed E-state index contributed by atoms with van der Waals surface area (Å²) in [6.45, 7) is 0. The smallest absolute Gasteiger partial charge is 0.255 e. The van der Waals surface area contributed by atoms with Crippen molar-refractivity contribution in [3.8, 4) is 11.1 Å². The van der Waals surface area contributed by atoms with Crippen LogP contribution in [0.15, 0.2) is 77.7 Å². The minimum Gasteiger partial charge on any atom is -0.255 e. The van der Waals surface area contributed by atoms with Gasteiger partial charge in [-0.25, -0.2) is 13.4 Å². The first-order chi connectivity index (χ1) is 12.5. The number of rotatable bonds is 4. The number of benzene rings is 3. The lowest BCUT2D eigenvalue weighted by Crippen LogP contribution is -2.12. The molecule has 0 aliphatic heterocycles. The Morgan fingerprint density at radius 2 is 1.46 bits per heavy atom. The number of para-hydroxylation sites is 1. The fraction of sp³-hybridized carbons (Fsp3) is 0.